The summed E-state index contributed by atoms with van der Waals surface area (Å²) in [6, 6.07) is 0.894. The normalized spacial score (nSPS) is 18.7. The molecule has 0 aliphatic carbocycles. The lowest BCUT2D eigenvalue weighted by molar-refractivity contribution is -0.171. The van der Waals surface area contributed by atoms with Crippen LogP contribution in [-0.2, 0) is 23.1 Å². The molecular weight excluding hydrogens is 312 g/mol. The van der Waals surface area contributed by atoms with E-state index in [9.17, 15) is 0 Å². The van der Waals surface area contributed by atoms with Crippen LogP contribution in [0.1, 0.15) is 40.0 Å². The third-order valence-corrected chi connectivity index (χ3v) is 7.44. The van der Waals surface area contributed by atoms with Crippen LogP contribution in [0.5, 0.6) is 0 Å². The molecule has 0 saturated carbocycles. The zero-order chi connectivity index (χ0) is 17.2. The largest absolute Gasteiger partial charge is 0.395 e. The molecule has 5 nitrogen and oxygen atoms in total. The maximum absolute atomic E-state index is 5.81. The van der Waals surface area contributed by atoms with Gasteiger partial charge in [0.25, 0.3) is 0 Å². The fourth-order valence-electron chi connectivity index (χ4n) is 3.05. The molecule has 0 aromatic heterocycles. The second-order valence-electron chi connectivity index (χ2n) is 6.73. The van der Waals surface area contributed by atoms with E-state index >= 15 is 0 Å². The van der Waals surface area contributed by atoms with Crippen LogP contribution in [0.4, 0.5) is 0 Å². The summed E-state index contributed by atoms with van der Waals surface area (Å²) < 4.78 is 28.4. The first-order valence-electron chi connectivity index (χ1n) is 8.96. The lowest BCUT2D eigenvalue weighted by atomic mass is 9.80. The molecule has 0 aromatic rings. The molecule has 1 rings (SSSR count). The van der Waals surface area contributed by atoms with Gasteiger partial charge in [-0.05, 0) is 39.7 Å². The van der Waals surface area contributed by atoms with Crippen molar-refractivity contribution in [2.75, 3.05) is 46.8 Å². The Balaban J connectivity index is 2.08. The van der Waals surface area contributed by atoms with E-state index in [2.05, 4.69) is 13.5 Å². The molecule has 23 heavy (non-hydrogen) atoms. The zero-order valence-corrected chi connectivity index (χ0v) is 16.7. The molecular formula is C17H36O5Si. The number of ether oxygens (including phenoxy) is 3. The molecule has 0 radical (unpaired) electrons. The summed E-state index contributed by atoms with van der Waals surface area (Å²) in [4.78, 5) is 0. The number of unbranched alkanes of at least 4 members (excludes halogenated alkanes) is 1. The predicted molar refractivity (Wildman–Crippen MR) is 94.1 cm³/mol. The molecule has 1 fully saturated rings. The lowest BCUT2D eigenvalue weighted by Crippen LogP contribution is -2.49. The van der Waals surface area contributed by atoms with Crippen molar-refractivity contribution in [2.24, 2.45) is 5.41 Å². The number of methoxy groups -OCH3 is 1. The summed E-state index contributed by atoms with van der Waals surface area (Å²) in [7, 11) is -0.219. The highest BCUT2D eigenvalue weighted by Crippen LogP contribution is 2.34. The van der Waals surface area contributed by atoms with E-state index in [0.717, 1.165) is 51.7 Å². The average molecular weight is 349 g/mol. The van der Waals surface area contributed by atoms with Gasteiger partial charge in [0.2, 0.25) is 0 Å². The SMILES string of the molecule is CCO[Si](C)(CCOCCCCC(OC)C1(C)COC1)OCC. The van der Waals surface area contributed by atoms with Crippen LogP contribution >= 0.6 is 0 Å². The third-order valence-electron chi connectivity index (χ3n) is 4.53. The second kappa shape index (κ2) is 10.8. The Labute approximate surface area is 143 Å². The van der Waals surface area contributed by atoms with Gasteiger partial charge in [0.1, 0.15) is 0 Å². The highest BCUT2D eigenvalue weighted by atomic mass is 28.4. The van der Waals surface area contributed by atoms with Crippen molar-refractivity contribution in [2.45, 2.75) is 58.7 Å². The number of rotatable bonds is 14. The standard InChI is InChI=1S/C17H36O5Si/c1-6-21-23(5,22-7-2)13-12-19-11-9-8-10-16(18-4)17(3)14-20-15-17/h16H,6-15H2,1-5H3. The summed E-state index contributed by atoms with van der Waals surface area (Å²) in [5, 5.41) is 0. The summed E-state index contributed by atoms with van der Waals surface area (Å²) >= 11 is 0. The second-order valence-corrected chi connectivity index (χ2v) is 10.1. The van der Waals surface area contributed by atoms with Crippen LogP contribution in [0.2, 0.25) is 12.6 Å². The fourth-order valence-corrected chi connectivity index (χ4v) is 5.16. The minimum absolute atomic E-state index is 0.206. The molecule has 6 heteroatoms. The molecule has 138 valence electrons. The van der Waals surface area contributed by atoms with Crippen molar-refractivity contribution in [1.29, 1.82) is 0 Å². The Morgan fingerprint density at radius 2 is 1.74 bits per heavy atom. The first-order chi connectivity index (χ1) is 11.0. The van der Waals surface area contributed by atoms with Gasteiger partial charge in [-0.3, -0.25) is 0 Å². The van der Waals surface area contributed by atoms with Crippen molar-refractivity contribution < 1.29 is 23.1 Å². The number of hydrogen-bond donors (Lipinski definition) is 0. The van der Waals surface area contributed by atoms with Gasteiger partial charge >= 0.3 is 8.56 Å². The van der Waals surface area contributed by atoms with E-state index in [4.69, 9.17) is 23.1 Å². The Morgan fingerprint density at radius 1 is 1.09 bits per heavy atom. The summed E-state index contributed by atoms with van der Waals surface area (Å²) in [5.41, 5.74) is 0.206. The predicted octanol–water partition coefficient (Wildman–Crippen LogP) is 3.37. The van der Waals surface area contributed by atoms with E-state index in [1.807, 2.05) is 13.8 Å². The van der Waals surface area contributed by atoms with Crippen molar-refractivity contribution in [3.05, 3.63) is 0 Å². The van der Waals surface area contributed by atoms with E-state index in [1.165, 1.54) is 0 Å². The first-order valence-corrected chi connectivity index (χ1v) is 11.5. The van der Waals surface area contributed by atoms with Crippen molar-refractivity contribution >= 4 is 8.56 Å². The number of hydrogen-bond acceptors (Lipinski definition) is 5. The van der Waals surface area contributed by atoms with Crippen molar-refractivity contribution in [1.82, 2.24) is 0 Å². The van der Waals surface area contributed by atoms with Gasteiger partial charge in [-0.2, -0.15) is 0 Å². The zero-order valence-electron chi connectivity index (χ0n) is 15.7. The van der Waals surface area contributed by atoms with E-state index in [-0.39, 0.29) is 5.41 Å². The van der Waals surface area contributed by atoms with Crippen molar-refractivity contribution in [3.8, 4) is 0 Å². The molecule has 1 saturated heterocycles. The molecule has 1 atom stereocenters. The topological polar surface area (TPSA) is 46.2 Å². The van der Waals surface area contributed by atoms with Gasteiger partial charge in [0, 0.05) is 45.0 Å². The molecule has 0 bridgehead atoms. The van der Waals surface area contributed by atoms with Gasteiger partial charge in [0.15, 0.2) is 0 Å². The quantitative estimate of drug-likeness (QED) is 0.356. The molecule has 1 unspecified atom stereocenters. The van der Waals surface area contributed by atoms with Gasteiger partial charge in [-0.1, -0.05) is 6.92 Å². The molecule has 1 aliphatic rings. The minimum Gasteiger partial charge on any atom is -0.395 e. The van der Waals surface area contributed by atoms with Gasteiger partial charge in [0.05, 0.1) is 19.3 Å². The summed E-state index contributed by atoms with van der Waals surface area (Å²) in [6.45, 7) is 13.0. The van der Waals surface area contributed by atoms with E-state index in [1.54, 1.807) is 7.11 Å². The maximum atomic E-state index is 5.81. The van der Waals surface area contributed by atoms with Crippen LogP contribution < -0.4 is 0 Å². The lowest BCUT2D eigenvalue weighted by Gasteiger charge is -2.43. The highest BCUT2D eigenvalue weighted by Gasteiger charge is 2.41. The Kier molecular flexibility index (Phi) is 9.88. The third kappa shape index (κ3) is 7.19. The van der Waals surface area contributed by atoms with Crippen LogP contribution in [0.25, 0.3) is 0 Å². The average Bonchev–Trinajstić information content (AvgIpc) is 2.48. The smallest absolute Gasteiger partial charge is 0.337 e. The van der Waals surface area contributed by atoms with Crippen LogP contribution in [0.3, 0.4) is 0 Å². The highest BCUT2D eigenvalue weighted by molar-refractivity contribution is 6.66. The van der Waals surface area contributed by atoms with Crippen molar-refractivity contribution in [3.63, 3.8) is 0 Å². The summed E-state index contributed by atoms with van der Waals surface area (Å²) in [5.74, 6) is 0. The molecule has 1 heterocycles. The minimum atomic E-state index is -2.02. The molecule has 1 aliphatic heterocycles. The fraction of sp³-hybridized carbons (Fsp3) is 1.00. The molecule has 0 aromatic carbocycles. The molecule has 0 N–H and O–H groups in total. The molecule has 0 amide bonds. The Morgan fingerprint density at radius 3 is 2.22 bits per heavy atom. The maximum Gasteiger partial charge on any atom is 0.337 e. The Bertz CT molecular complexity index is 303. The monoisotopic (exact) mass is 348 g/mol. The van der Waals surface area contributed by atoms with Gasteiger partial charge < -0.3 is 23.1 Å². The van der Waals surface area contributed by atoms with Crippen LogP contribution in [-0.4, -0.2) is 61.4 Å². The molecule has 0 spiro atoms. The van der Waals surface area contributed by atoms with E-state index < -0.39 is 8.56 Å². The first kappa shape index (κ1) is 21.1. The summed E-state index contributed by atoms with van der Waals surface area (Å²) in [6.07, 6.45) is 3.56. The Hall–Kier alpha value is 0.0169. The van der Waals surface area contributed by atoms with E-state index in [0.29, 0.717) is 19.3 Å². The van der Waals surface area contributed by atoms with Gasteiger partial charge in [-0.25, -0.2) is 0 Å². The van der Waals surface area contributed by atoms with Crippen LogP contribution in [0.15, 0.2) is 0 Å². The van der Waals surface area contributed by atoms with Gasteiger partial charge in [-0.15, -0.1) is 0 Å². The van der Waals surface area contributed by atoms with Crippen LogP contribution in [0, 0.1) is 5.41 Å².